The van der Waals surface area contributed by atoms with Crippen LogP contribution < -0.4 is 0 Å². The fourth-order valence-corrected chi connectivity index (χ4v) is 1.27. The smallest absolute Gasteiger partial charge is 0.147 e. The number of unbranched alkanes of at least 4 members (excludes halogenated alkanes) is 1. The Bertz CT molecular complexity index is 71.1. The van der Waals surface area contributed by atoms with Gasteiger partial charge in [-0.1, -0.05) is 0 Å². The molecule has 70 valence electrons. The summed E-state index contributed by atoms with van der Waals surface area (Å²) >= 11 is 2.98. The van der Waals surface area contributed by atoms with Gasteiger partial charge in [0.2, 0.25) is 0 Å². The summed E-state index contributed by atoms with van der Waals surface area (Å²) in [6, 6.07) is 0. The molecule has 0 aliphatic rings. The summed E-state index contributed by atoms with van der Waals surface area (Å²) in [6.07, 6.45) is 5.15. The number of hydrogen-bond donors (Lipinski definition) is 0. The van der Waals surface area contributed by atoms with Gasteiger partial charge in [-0.05, 0) is 0 Å². The monoisotopic (exact) mass is 220 g/mol. The second kappa shape index (κ2) is 10.8. The van der Waals surface area contributed by atoms with E-state index in [2.05, 4.69) is 30.2 Å². The van der Waals surface area contributed by atoms with Crippen molar-refractivity contribution in [3.8, 4) is 0 Å². The van der Waals surface area contributed by atoms with Gasteiger partial charge in [0.15, 0.2) is 0 Å². The topological polar surface area (TPSA) is 9.23 Å². The van der Waals surface area contributed by atoms with E-state index in [0.29, 0.717) is 0 Å². The van der Waals surface area contributed by atoms with Gasteiger partial charge in [-0.25, -0.2) is 0 Å². The fourth-order valence-electron chi connectivity index (χ4n) is 0.987. The zero-order valence-corrected chi connectivity index (χ0v) is 9.30. The van der Waals surface area contributed by atoms with Crippen LogP contribution >= 0.6 is 12.4 Å². The van der Waals surface area contributed by atoms with E-state index >= 15 is 0 Å². The Morgan fingerprint density at radius 3 is 2.36 bits per heavy atom. The molecule has 0 N–H and O–H groups in total. The van der Waals surface area contributed by atoms with Crippen LogP contribution in [-0.2, 0) is 20.2 Å². The third-order valence-electron chi connectivity index (χ3n) is 1.84. The standard InChI is InChI=1S/C8H17O.ClH.Mn/c1-3-5-6-8(4-2)7-9;;/h8H,3-7H2,1-2H3;1H;/q-1;;+1. The summed E-state index contributed by atoms with van der Waals surface area (Å²) in [5.41, 5.74) is 0. The van der Waals surface area contributed by atoms with Gasteiger partial charge in [-0.3, -0.25) is 0 Å². The Labute approximate surface area is 84.8 Å². The first-order valence-corrected chi connectivity index (χ1v) is 4.56. The minimum Gasteiger partial charge on any atom is -0.147 e. The summed E-state index contributed by atoms with van der Waals surface area (Å²) in [7, 11) is 0. The first kappa shape index (κ1) is 14.3. The van der Waals surface area contributed by atoms with Crippen molar-refractivity contribution >= 4 is 12.4 Å². The van der Waals surface area contributed by atoms with Gasteiger partial charge in [0, 0.05) is 0 Å². The van der Waals surface area contributed by atoms with Gasteiger partial charge >= 0.3 is 72.2 Å². The molecule has 1 unspecified atom stereocenters. The maximum atomic E-state index is 4.90. The molecule has 1 nitrogen and oxygen atoms in total. The van der Waals surface area contributed by atoms with Crippen molar-refractivity contribution < 1.29 is 20.2 Å². The molecule has 0 aromatic carbocycles. The molecule has 0 radical (unpaired) electrons. The van der Waals surface area contributed by atoms with Crippen LogP contribution in [0.3, 0.4) is 0 Å². The minimum atomic E-state index is 0. The number of rotatable bonds is 6. The maximum absolute atomic E-state index is 4.90. The molecule has 0 rings (SSSR count). The van der Waals surface area contributed by atoms with Crippen LogP contribution in [-0.4, -0.2) is 6.61 Å². The van der Waals surface area contributed by atoms with Crippen LogP contribution in [0, 0.1) is 5.92 Å². The average Bonchev–Trinajstić information content (AvgIpc) is 1.98. The molecule has 0 aromatic heterocycles. The molecule has 0 saturated carbocycles. The molecule has 0 saturated heterocycles. The van der Waals surface area contributed by atoms with Crippen molar-refractivity contribution in [1.29, 1.82) is 0 Å². The first-order chi connectivity index (χ1) is 4.85. The molecule has 11 heavy (non-hydrogen) atoms. The molecule has 0 aliphatic carbocycles. The molecule has 0 heterocycles. The van der Waals surface area contributed by atoms with E-state index in [1.54, 1.807) is 0 Å². The van der Waals surface area contributed by atoms with E-state index in [1.807, 2.05) is 0 Å². The number of halogens is 1. The van der Waals surface area contributed by atoms with Crippen LogP contribution in [0.15, 0.2) is 0 Å². The van der Waals surface area contributed by atoms with E-state index in [-0.39, 0.29) is 12.4 Å². The SMILES string of the molecule is CCCCC(CC)C[O][Mn].Cl. The van der Waals surface area contributed by atoms with Crippen molar-refractivity contribution in [2.75, 3.05) is 6.61 Å². The van der Waals surface area contributed by atoms with Crippen LogP contribution in [0.2, 0.25) is 0 Å². The van der Waals surface area contributed by atoms with E-state index in [4.69, 9.17) is 3.82 Å². The summed E-state index contributed by atoms with van der Waals surface area (Å²) in [4.78, 5) is 0. The molecule has 0 spiro atoms. The van der Waals surface area contributed by atoms with Crippen LogP contribution in [0.5, 0.6) is 0 Å². The van der Waals surface area contributed by atoms with Crippen molar-refractivity contribution in [1.82, 2.24) is 0 Å². The van der Waals surface area contributed by atoms with E-state index in [9.17, 15) is 0 Å². The van der Waals surface area contributed by atoms with E-state index < -0.39 is 0 Å². The van der Waals surface area contributed by atoms with Crippen molar-refractivity contribution in [2.45, 2.75) is 39.5 Å². The second-order valence-electron chi connectivity index (χ2n) is 2.69. The molecule has 0 amide bonds. The minimum absolute atomic E-state index is 0. The van der Waals surface area contributed by atoms with Gasteiger partial charge in [0.1, 0.15) is 0 Å². The number of hydrogen-bond acceptors (Lipinski definition) is 1. The van der Waals surface area contributed by atoms with E-state index in [0.717, 1.165) is 12.5 Å². The largest absolute Gasteiger partial charge is 0.147 e. The Hall–Kier alpha value is 0.769. The Morgan fingerprint density at radius 1 is 1.36 bits per heavy atom. The second-order valence-corrected chi connectivity index (χ2v) is 3.03. The summed E-state index contributed by atoms with van der Waals surface area (Å²) < 4.78 is 4.90. The van der Waals surface area contributed by atoms with E-state index in [1.165, 1.54) is 25.7 Å². The molecule has 1 atom stereocenters. The fraction of sp³-hybridized carbons (Fsp3) is 1.00. The van der Waals surface area contributed by atoms with Gasteiger partial charge < -0.3 is 0 Å². The van der Waals surface area contributed by atoms with Gasteiger partial charge in [-0.15, -0.1) is 12.4 Å². The summed E-state index contributed by atoms with van der Waals surface area (Å²) in [6.45, 7) is 5.30. The zero-order valence-electron chi connectivity index (χ0n) is 7.31. The van der Waals surface area contributed by atoms with Crippen LogP contribution in [0.4, 0.5) is 0 Å². The third-order valence-corrected chi connectivity index (χ3v) is 2.04. The quantitative estimate of drug-likeness (QED) is 0.625. The van der Waals surface area contributed by atoms with Crippen molar-refractivity contribution in [3.05, 3.63) is 0 Å². The molecule has 3 heteroatoms. The molecule has 0 aliphatic heterocycles. The Balaban J connectivity index is 0. The molecule has 0 aromatic rings. The average molecular weight is 221 g/mol. The maximum Gasteiger partial charge on any atom is -0.147 e. The van der Waals surface area contributed by atoms with Crippen molar-refractivity contribution in [3.63, 3.8) is 0 Å². The van der Waals surface area contributed by atoms with Crippen LogP contribution in [0.1, 0.15) is 39.5 Å². The summed E-state index contributed by atoms with van der Waals surface area (Å²) in [5.74, 6) is 0.749. The van der Waals surface area contributed by atoms with Gasteiger partial charge in [-0.2, -0.15) is 0 Å². The summed E-state index contributed by atoms with van der Waals surface area (Å²) in [5, 5.41) is 0. The predicted molar refractivity (Wildman–Crippen MR) is 46.5 cm³/mol. The van der Waals surface area contributed by atoms with Gasteiger partial charge in [0.25, 0.3) is 0 Å². The molecule has 0 bridgehead atoms. The zero-order chi connectivity index (χ0) is 7.82. The third kappa shape index (κ3) is 8.68. The molecular weight excluding hydrogens is 202 g/mol. The predicted octanol–water partition coefficient (Wildman–Crippen LogP) is 3.10. The Morgan fingerprint density at radius 2 is 2.00 bits per heavy atom. The van der Waals surface area contributed by atoms with Crippen LogP contribution in [0.25, 0.3) is 0 Å². The first-order valence-electron chi connectivity index (χ1n) is 4.08. The van der Waals surface area contributed by atoms with Crippen molar-refractivity contribution in [2.24, 2.45) is 5.92 Å². The molecule has 0 fully saturated rings. The molecular formula is C8H18ClMnO. The normalized spacial score (nSPS) is 12.3. The Kier molecular flexibility index (Phi) is 14.0. The van der Waals surface area contributed by atoms with Gasteiger partial charge in [0.05, 0.1) is 0 Å².